The second-order valence-electron chi connectivity index (χ2n) is 7.68. The molecule has 1 aromatic carbocycles. The number of amides is 1. The van der Waals surface area contributed by atoms with Crippen molar-refractivity contribution in [1.29, 1.82) is 0 Å². The van der Waals surface area contributed by atoms with E-state index in [-0.39, 0.29) is 23.4 Å². The Morgan fingerprint density at radius 1 is 1.15 bits per heavy atom. The van der Waals surface area contributed by atoms with Crippen LogP contribution >= 0.6 is 0 Å². The molecule has 1 saturated heterocycles. The van der Waals surface area contributed by atoms with Crippen LogP contribution in [0.4, 0.5) is 0 Å². The fourth-order valence-corrected chi connectivity index (χ4v) is 4.75. The van der Waals surface area contributed by atoms with Crippen molar-refractivity contribution in [3.63, 3.8) is 0 Å². The fraction of sp³-hybridized carbons (Fsp3) is 0.588. The summed E-state index contributed by atoms with van der Waals surface area (Å²) in [6, 6.07) is 6.55. The van der Waals surface area contributed by atoms with E-state index in [0.717, 1.165) is 11.8 Å². The molecule has 0 aromatic heterocycles. The Bertz CT molecular complexity index is 869. The van der Waals surface area contributed by atoms with Gasteiger partial charge >= 0.3 is 0 Å². The van der Waals surface area contributed by atoms with Crippen molar-refractivity contribution >= 4 is 25.8 Å². The fourth-order valence-electron chi connectivity index (χ4n) is 2.79. The molecule has 0 saturated carbocycles. The first kappa shape index (κ1) is 20.9. The van der Waals surface area contributed by atoms with E-state index in [2.05, 4.69) is 4.72 Å². The van der Waals surface area contributed by atoms with Crippen molar-refractivity contribution in [2.45, 2.75) is 42.8 Å². The number of sulfonamides is 1. The van der Waals surface area contributed by atoms with Gasteiger partial charge in [-0.05, 0) is 29.5 Å². The van der Waals surface area contributed by atoms with Gasteiger partial charge in [-0.2, -0.15) is 0 Å². The molecule has 9 heteroatoms. The maximum absolute atomic E-state index is 12.4. The van der Waals surface area contributed by atoms with Gasteiger partial charge in [0.15, 0.2) is 9.84 Å². The molecule has 1 aliphatic heterocycles. The lowest BCUT2D eigenvalue weighted by Crippen LogP contribution is -2.39. The number of benzene rings is 1. The minimum Gasteiger partial charge on any atom is -0.340 e. The van der Waals surface area contributed by atoms with Gasteiger partial charge in [0.1, 0.15) is 0 Å². The summed E-state index contributed by atoms with van der Waals surface area (Å²) in [6.45, 7) is 6.14. The summed E-state index contributed by atoms with van der Waals surface area (Å²) in [6.07, 6.45) is 1.53. The molecule has 2 rings (SSSR count). The van der Waals surface area contributed by atoms with Crippen molar-refractivity contribution in [3.8, 4) is 0 Å². The van der Waals surface area contributed by atoms with Gasteiger partial charge < -0.3 is 4.90 Å². The number of likely N-dealkylation sites (tertiary alicyclic amines) is 1. The van der Waals surface area contributed by atoms with E-state index in [1.165, 1.54) is 17.0 Å². The molecule has 1 atom stereocenters. The molecular weight excluding hydrogens is 376 g/mol. The predicted molar refractivity (Wildman–Crippen MR) is 100 cm³/mol. The van der Waals surface area contributed by atoms with Crippen LogP contribution in [0, 0.1) is 0 Å². The molecule has 1 aromatic rings. The lowest BCUT2D eigenvalue weighted by molar-refractivity contribution is -0.128. The molecule has 26 heavy (non-hydrogen) atoms. The zero-order valence-electron chi connectivity index (χ0n) is 15.5. The average molecular weight is 403 g/mol. The smallest absolute Gasteiger partial charge is 0.241 e. The van der Waals surface area contributed by atoms with Gasteiger partial charge in [0.2, 0.25) is 15.9 Å². The summed E-state index contributed by atoms with van der Waals surface area (Å²) in [4.78, 5) is 13.7. The largest absolute Gasteiger partial charge is 0.340 e. The molecule has 1 amide bonds. The summed E-state index contributed by atoms with van der Waals surface area (Å²) in [7, 11) is -7.01. The predicted octanol–water partition coefficient (Wildman–Crippen LogP) is 0.908. The van der Waals surface area contributed by atoms with E-state index in [1.54, 1.807) is 12.1 Å². The summed E-state index contributed by atoms with van der Waals surface area (Å²) < 4.78 is 50.1. The number of hydrogen-bond donors (Lipinski definition) is 1. The monoisotopic (exact) mass is 402 g/mol. The molecule has 1 unspecified atom stereocenters. The Morgan fingerprint density at radius 2 is 1.73 bits per heavy atom. The first-order valence-corrected chi connectivity index (χ1v) is 11.8. The maximum atomic E-state index is 12.4. The summed E-state index contributed by atoms with van der Waals surface area (Å²) in [5.74, 6) is -0.425. The zero-order valence-corrected chi connectivity index (χ0v) is 17.2. The summed E-state index contributed by atoms with van der Waals surface area (Å²) in [5.41, 5.74) is 0.925. The van der Waals surface area contributed by atoms with E-state index in [4.69, 9.17) is 0 Å². The Morgan fingerprint density at radius 3 is 2.19 bits per heavy atom. The van der Waals surface area contributed by atoms with Gasteiger partial charge in [-0.3, -0.25) is 4.79 Å². The van der Waals surface area contributed by atoms with E-state index in [9.17, 15) is 21.6 Å². The average Bonchev–Trinajstić information content (AvgIpc) is 3.02. The number of nitrogens with zero attached hydrogens (tertiary/aromatic N) is 1. The Hall–Kier alpha value is -1.45. The van der Waals surface area contributed by atoms with E-state index in [0.29, 0.717) is 13.0 Å². The molecule has 0 bridgehead atoms. The van der Waals surface area contributed by atoms with Gasteiger partial charge in [-0.15, -0.1) is 0 Å². The third-order valence-corrected chi connectivity index (χ3v) is 7.56. The Kier molecular flexibility index (Phi) is 5.84. The highest BCUT2D eigenvalue weighted by atomic mass is 32.2. The first-order valence-electron chi connectivity index (χ1n) is 8.37. The molecule has 1 aliphatic rings. The minimum atomic E-state index is -3.80. The highest BCUT2D eigenvalue weighted by Gasteiger charge is 2.32. The second-order valence-corrected chi connectivity index (χ2v) is 11.8. The number of carbonyl (C=O) groups is 1. The van der Waals surface area contributed by atoms with Gasteiger partial charge in [0, 0.05) is 19.3 Å². The normalized spacial score (nSPS) is 18.9. The Balaban J connectivity index is 1.99. The van der Waals surface area contributed by atoms with Crippen LogP contribution in [0.15, 0.2) is 29.2 Å². The van der Waals surface area contributed by atoms with Crippen molar-refractivity contribution in [1.82, 2.24) is 9.62 Å². The molecule has 1 heterocycles. The van der Waals surface area contributed by atoms with E-state index in [1.807, 2.05) is 20.8 Å². The summed E-state index contributed by atoms with van der Waals surface area (Å²) >= 11 is 0. The Labute approximate surface area is 155 Å². The number of carbonyl (C=O) groups excluding carboxylic acids is 1. The lowest BCUT2D eigenvalue weighted by Gasteiger charge is -2.19. The van der Waals surface area contributed by atoms with Crippen molar-refractivity contribution in [2.24, 2.45) is 0 Å². The van der Waals surface area contributed by atoms with Gasteiger partial charge in [-0.25, -0.2) is 21.6 Å². The SMILES string of the molecule is CC(C)(C)c1ccc(S(=O)(=O)NCC(=O)N2CCC(S(C)(=O)=O)C2)cc1. The van der Waals surface area contributed by atoms with Crippen LogP contribution in [0.2, 0.25) is 0 Å². The quantitative estimate of drug-likeness (QED) is 0.789. The number of hydrogen-bond acceptors (Lipinski definition) is 5. The van der Waals surface area contributed by atoms with Crippen LogP contribution in [-0.4, -0.2) is 58.8 Å². The van der Waals surface area contributed by atoms with Gasteiger partial charge in [0.25, 0.3) is 0 Å². The van der Waals surface area contributed by atoms with Crippen LogP contribution < -0.4 is 4.72 Å². The molecular formula is C17H26N2O5S2. The highest BCUT2D eigenvalue weighted by molar-refractivity contribution is 7.91. The summed E-state index contributed by atoms with van der Waals surface area (Å²) in [5, 5.41) is -0.576. The maximum Gasteiger partial charge on any atom is 0.241 e. The lowest BCUT2D eigenvalue weighted by atomic mass is 9.87. The standard InChI is InChI=1S/C17H26N2O5S2/c1-17(2,3)13-5-7-14(8-6-13)26(23,24)18-11-16(20)19-10-9-15(12-19)25(4,21)22/h5-8,15,18H,9-12H2,1-4H3. The molecule has 0 spiro atoms. The van der Waals surface area contributed by atoms with Crippen LogP contribution in [0.1, 0.15) is 32.8 Å². The molecule has 0 radical (unpaired) electrons. The first-order chi connectivity index (χ1) is 11.8. The third-order valence-electron chi connectivity index (χ3n) is 4.55. The van der Waals surface area contributed by atoms with E-state index < -0.39 is 31.0 Å². The number of rotatable bonds is 5. The highest BCUT2D eigenvalue weighted by Crippen LogP contribution is 2.23. The van der Waals surface area contributed by atoms with Crippen molar-refractivity contribution < 1.29 is 21.6 Å². The molecule has 1 N–H and O–H groups in total. The molecule has 1 fully saturated rings. The minimum absolute atomic E-state index is 0.0857. The van der Waals surface area contributed by atoms with Crippen LogP contribution in [-0.2, 0) is 30.1 Å². The molecule has 7 nitrogen and oxygen atoms in total. The van der Waals surface area contributed by atoms with Gasteiger partial charge in [0.05, 0.1) is 16.7 Å². The molecule has 146 valence electrons. The van der Waals surface area contributed by atoms with Crippen molar-refractivity contribution in [2.75, 3.05) is 25.9 Å². The third kappa shape index (κ3) is 5.05. The van der Waals surface area contributed by atoms with Crippen molar-refractivity contribution in [3.05, 3.63) is 29.8 Å². The number of nitrogens with one attached hydrogen (secondary N) is 1. The number of sulfone groups is 1. The van der Waals surface area contributed by atoms with Crippen LogP contribution in [0.25, 0.3) is 0 Å². The van der Waals surface area contributed by atoms with Crippen LogP contribution in [0.3, 0.4) is 0 Å². The second kappa shape index (κ2) is 7.28. The molecule has 0 aliphatic carbocycles. The zero-order chi connectivity index (χ0) is 19.8. The van der Waals surface area contributed by atoms with Crippen LogP contribution in [0.5, 0.6) is 0 Å². The topological polar surface area (TPSA) is 101 Å². The van der Waals surface area contributed by atoms with E-state index >= 15 is 0 Å². The van der Waals surface area contributed by atoms with Gasteiger partial charge in [-0.1, -0.05) is 32.9 Å².